The second-order valence-corrected chi connectivity index (χ2v) is 4.89. The van der Waals surface area contributed by atoms with E-state index in [1.165, 1.54) is 5.57 Å². The first-order chi connectivity index (χ1) is 6.83. The number of thioether (sulfide) groups is 1. The molecule has 0 aromatic heterocycles. The van der Waals surface area contributed by atoms with Crippen LogP contribution in [-0.2, 0) is 0 Å². The number of hydrogen-bond acceptors (Lipinski definition) is 3. The molecule has 0 aromatic carbocycles. The van der Waals surface area contributed by atoms with E-state index in [0.29, 0.717) is 17.7 Å². The minimum Gasteiger partial charge on any atom is -0.391 e. The SMILES string of the molecule is NCCC1=CC2SC(CO)=CC2C=C1. The van der Waals surface area contributed by atoms with Gasteiger partial charge in [0.05, 0.1) is 6.61 Å². The Hall–Kier alpha value is -0.510. The second kappa shape index (κ2) is 4.34. The maximum absolute atomic E-state index is 9.03. The number of allylic oxidation sites excluding steroid dienone is 3. The van der Waals surface area contributed by atoms with Crippen molar-refractivity contribution in [3.63, 3.8) is 0 Å². The maximum Gasteiger partial charge on any atom is 0.0737 e. The fourth-order valence-electron chi connectivity index (χ4n) is 1.84. The van der Waals surface area contributed by atoms with E-state index in [0.717, 1.165) is 11.3 Å². The van der Waals surface area contributed by atoms with Crippen molar-refractivity contribution < 1.29 is 5.11 Å². The monoisotopic (exact) mass is 209 g/mol. The van der Waals surface area contributed by atoms with E-state index in [1.54, 1.807) is 11.8 Å². The van der Waals surface area contributed by atoms with Gasteiger partial charge in [0.15, 0.2) is 0 Å². The van der Waals surface area contributed by atoms with Crippen LogP contribution in [-0.4, -0.2) is 23.5 Å². The van der Waals surface area contributed by atoms with Gasteiger partial charge in [0.25, 0.3) is 0 Å². The Morgan fingerprint density at radius 2 is 2.29 bits per heavy atom. The predicted octanol–water partition coefficient (Wildman–Crippen LogP) is 1.44. The van der Waals surface area contributed by atoms with Crippen LogP contribution in [0.1, 0.15) is 6.42 Å². The lowest BCUT2D eigenvalue weighted by molar-refractivity contribution is 0.339. The van der Waals surface area contributed by atoms with Crippen LogP contribution in [0.3, 0.4) is 0 Å². The largest absolute Gasteiger partial charge is 0.391 e. The summed E-state index contributed by atoms with van der Waals surface area (Å²) < 4.78 is 0. The number of nitrogens with two attached hydrogens (primary N) is 1. The van der Waals surface area contributed by atoms with Crippen LogP contribution in [0.4, 0.5) is 0 Å². The Bertz CT molecular complexity index is 306. The Kier molecular flexibility index (Phi) is 3.11. The van der Waals surface area contributed by atoms with Crippen molar-refractivity contribution in [1.29, 1.82) is 0 Å². The molecule has 2 nitrogen and oxygen atoms in total. The molecule has 0 fully saturated rings. The summed E-state index contributed by atoms with van der Waals surface area (Å²) in [6.07, 6.45) is 9.76. The minimum absolute atomic E-state index is 0.172. The molecule has 2 unspecified atom stereocenters. The summed E-state index contributed by atoms with van der Waals surface area (Å²) >= 11 is 1.77. The first-order valence-corrected chi connectivity index (χ1v) is 5.78. The van der Waals surface area contributed by atoms with Gasteiger partial charge in [-0.1, -0.05) is 24.3 Å². The fourth-order valence-corrected chi connectivity index (χ4v) is 3.07. The van der Waals surface area contributed by atoms with Crippen LogP contribution in [0.5, 0.6) is 0 Å². The number of rotatable bonds is 3. The van der Waals surface area contributed by atoms with E-state index >= 15 is 0 Å². The lowest BCUT2D eigenvalue weighted by Gasteiger charge is -2.17. The van der Waals surface area contributed by atoms with Crippen molar-refractivity contribution in [3.05, 3.63) is 34.8 Å². The quantitative estimate of drug-likeness (QED) is 0.739. The van der Waals surface area contributed by atoms with Gasteiger partial charge in [0.1, 0.15) is 0 Å². The second-order valence-electron chi connectivity index (χ2n) is 3.59. The van der Waals surface area contributed by atoms with Gasteiger partial charge in [0, 0.05) is 16.1 Å². The highest BCUT2D eigenvalue weighted by Gasteiger charge is 2.26. The molecule has 0 saturated carbocycles. The first-order valence-electron chi connectivity index (χ1n) is 4.90. The smallest absolute Gasteiger partial charge is 0.0737 e. The number of aliphatic hydroxyl groups is 1. The topological polar surface area (TPSA) is 46.2 Å². The van der Waals surface area contributed by atoms with Gasteiger partial charge < -0.3 is 10.8 Å². The highest BCUT2D eigenvalue weighted by atomic mass is 32.2. The highest BCUT2D eigenvalue weighted by Crippen LogP contribution is 2.40. The van der Waals surface area contributed by atoms with E-state index in [9.17, 15) is 0 Å². The van der Waals surface area contributed by atoms with Crippen LogP contribution < -0.4 is 5.73 Å². The predicted molar refractivity (Wildman–Crippen MR) is 60.9 cm³/mol. The summed E-state index contributed by atoms with van der Waals surface area (Å²) in [4.78, 5) is 1.09. The number of fused-ring (bicyclic) bond motifs is 1. The van der Waals surface area contributed by atoms with Gasteiger partial charge in [-0.2, -0.15) is 0 Å². The molecule has 0 amide bonds. The Labute approximate surface area is 88.6 Å². The van der Waals surface area contributed by atoms with E-state index in [2.05, 4.69) is 24.3 Å². The third kappa shape index (κ3) is 1.95. The molecule has 76 valence electrons. The number of aliphatic hydroxyl groups excluding tert-OH is 1. The molecule has 0 spiro atoms. The summed E-state index contributed by atoms with van der Waals surface area (Å²) in [5, 5.41) is 9.52. The standard InChI is InChI=1S/C11H15NOS/c12-4-3-8-1-2-9-6-10(7-13)14-11(9)5-8/h1-2,5-6,9,11,13H,3-4,7,12H2. The highest BCUT2D eigenvalue weighted by molar-refractivity contribution is 8.04. The summed E-state index contributed by atoms with van der Waals surface area (Å²) in [7, 11) is 0. The molecule has 1 aliphatic carbocycles. The molecule has 0 aromatic rings. The van der Waals surface area contributed by atoms with E-state index in [1.807, 2.05) is 0 Å². The molecule has 1 aliphatic heterocycles. The van der Waals surface area contributed by atoms with Gasteiger partial charge in [-0.3, -0.25) is 0 Å². The molecule has 0 bridgehead atoms. The van der Waals surface area contributed by atoms with Gasteiger partial charge in [0.2, 0.25) is 0 Å². The van der Waals surface area contributed by atoms with Crippen molar-refractivity contribution >= 4 is 11.8 Å². The molecule has 3 heteroatoms. The van der Waals surface area contributed by atoms with Gasteiger partial charge >= 0.3 is 0 Å². The summed E-state index contributed by atoms with van der Waals surface area (Å²) in [5.41, 5.74) is 6.84. The number of hydrogen-bond donors (Lipinski definition) is 2. The minimum atomic E-state index is 0.172. The zero-order valence-corrected chi connectivity index (χ0v) is 8.83. The van der Waals surface area contributed by atoms with Crippen LogP contribution in [0, 0.1) is 5.92 Å². The van der Waals surface area contributed by atoms with Gasteiger partial charge in [-0.15, -0.1) is 11.8 Å². The van der Waals surface area contributed by atoms with E-state index in [4.69, 9.17) is 10.8 Å². The Morgan fingerprint density at radius 1 is 1.43 bits per heavy atom. The zero-order valence-electron chi connectivity index (χ0n) is 8.02. The normalized spacial score (nSPS) is 29.9. The van der Waals surface area contributed by atoms with Gasteiger partial charge in [-0.05, 0) is 18.5 Å². The van der Waals surface area contributed by atoms with Crippen LogP contribution >= 0.6 is 11.8 Å². The van der Waals surface area contributed by atoms with Crippen molar-refractivity contribution in [3.8, 4) is 0 Å². The lowest BCUT2D eigenvalue weighted by atomic mass is 9.95. The molecule has 14 heavy (non-hydrogen) atoms. The van der Waals surface area contributed by atoms with Crippen molar-refractivity contribution in [1.82, 2.24) is 0 Å². The molecular formula is C11H15NOS. The summed E-state index contributed by atoms with van der Waals surface area (Å²) in [5.74, 6) is 0.476. The third-order valence-electron chi connectivity index (χ3n) is 2.54. The van der Waals surface area contributed by atoms with Crippen molar-refractivity contribution in [2.45, 2.75) is 11.7 Å². The van der Waals surface area contributed by atoms with E-state index in [-0.39, 0.29) is 6.61 Å². The zero-order chi connectivity index (χ0) is 9.97. The summed E-state index contributed by atoms with van der Waals surface area (Å²) in [6.45, 7) is 0.879. The molecular weight excluding hydrogens is 194 g/mol. The van der Waals surface area contributed by atoms with Crippen molar-refractivity contribution in [2.24, 2.45) is 11.7 Å². The maximum atomic E-state index is 9.03. The molecule has 0 radical (unpaired) electrons. The fraction of sp³-hybridized carbons (Fsp3) is 0.455. The van der Waals surface area contributed by atoms with Crippen LogP contribution in [0.15, 0.2) is 34.8 Å². The molecule has 0 saturated heterocycles. The molecule has 1 heterocycles. The average Bonchev–Trinajstić information content (AvgIpc) is 2.60. The van der Waals surface area contributed by atoms with Crippen LogP contribution in [0.25, 0.3) is 0 Å². The molecule has 2 aliphatic rings. The van der Waals surface area contributed by atoms with E-state index < -0.39 is 0 Å². The lowest BCUT2D eigenvalue weighted by Crippen LogP contribution is -2.11. The molecule has 3 N–H and O–H groups in total. The van der Waals surface area contributed by atoms with Gasteiger partial charge in [-0.25, -0.2) is 0 Å². The van der Waals surface area contributed by atoms with Crippen molar-refractivity contribution in [2.75, 3.05) is 13.2 Å². The Balaban J connectivity index is 2.06. The molecule has 2 rings (SSSR count). The van der Waals surface area contributed by atoms with Crippen LogP contribution in [0.2, 0.25) is 0 Å². The Morgan fingerprint density at radius 3 is 3.00 bits per heavy atom. The third-order valence-corrected chi connectivity index (χ3v) is 3.84. The average molecular weight is 209 g/mol. The molecule has 2 atom stereocenters. The summed E-state index contributed by atoms with van der Waals surface area (Å²) in [6, 6.07) is 0. The first kappa shape index (κ1) is 10.0.